The molecular formula is C32H29Cl2FN6O5. The van der Waals surface area contributed by atoms with Crippen molar-refractivity contribution in [2.24, 2.45) is 0 Å². The zero-order valence-electron chi connectivity index (χ0n) is 24.7. The Morgan fingerprint density at radius 2 is 1.83 bits per heavy atom. The Balaban J connectivity index is 1.12. The highest BCUT2D eigenvalue weighted by molar-refractivity contribution is 6.37. The second kappa shape index (κ2) is 14.3. The predicted octanol–water partition coefficient (Wildman–Crippen LogP) is 6.42. The molecule has 14 heteroatoms. The van der Waals surface area contributed by atoms with Crippen LogP contribution < -0.4 is 19.5 Å². The maximum atomic E-state index is 15.2. The number of amides is 1. The molecule has 238 valence electrons. The molecule has 1 fully saturated rings. The van der Waals surface area contributed by atoms with E-state index in [-0.39, 0.29) is 17.1 Å². The van der Waals surface area contributed by atoms with Crippen LogP contribution in [0, 0.1) is 5.82 Å². The minimum Gasteiger partial charge on any atom is -0.493 e. The number of aromatic nitrogens is 4. The van der Waals surface area contributed by atoms with E-state index >= 15 is 4.39 Å². The second-order valence-electron chi connectivity index (χ2n) is 10.3. The van der Waals surface area contributed by atoms with Crippen molar-refractivity contribution >= 4 is 45.7 Å². The molecule has 0 spiro atoms. The third-order valence-electron chi connectivity index (χ3n) is 7.27. The van der Waals surface area contributed by atoms with Gasteiger partial charge in [-0.2, -0.15) is 0 Å². The van der Waals surface area contributed by atoms with Crippen LogP contribution in [-0.2, 0) is 4.74 Å². The molecule has 1 aliphatic rings. The topological polar surface area (TPSA) is 113 Å². The van der Waals surface area contributed by atoms with Crippen LogP contribution in [0.15, 0.2) is 67.0 Å². The standard InChI is InChI=1S/C32H29Cl2FN6O5/c1-43-29-17-21-25(18-30(29)45-13-3-10-40-11-14-44-15-12-40)36-9-8-27(21)46-28-7-6-20(16-24(28)35)37-32(42)26-19-41(39-38-26)31-22(33)4-2-5-23(31)34/h2,4-9,16-19H,3,10-15H2,1H3,(H,37,42). The molecule has 5 aromatic rings. The van der Waals surface area contributed by atoms with Crippen molar-refractivity contribution in [2.75, 3.05) is 51.9 Å². The van der Waals surface area contributed by atoms with Crippen LogP contribution in [0.2, 0.25) is 10.0 Å². The van der Waals surface area contributed by atoms with Crippen molar-refractivity contribution in [3.8, 4) is 28.7 Å². The Bertz CT molecular complexity index is 1850. The molecule has 46 heavy (non-hydrogen) atoms. The Hall–Kier alpha value is -4.49. The first kappa shape index (κ1) is 31.5. The van der Waals surface area contributed by atoms with Crippen molar-refractivity contribution in [3.05, 3.63) is 88.5 Å². The first-order chi connectivity index (χ1) is 22.4. The fourth-order valence-corrected chi connectivity index (χ4v) is 5.52. The van der Waals surface area contributed by atoms with Gasteiger partial charge in [-0.15, -0.1) is 5.10 Å². The lowest BCUT2D eigenvalue weighted by molar-refractivity contribution is 0.0357. The van der Waals surface area contributed by atoms with Gasteiger partial charge in [0.1, 0.15) is 11.4 Å². The summed E-state index contributed by atoms with van der Waals surface area (Å²) in [6.45, 7) is 4.80. The maximum Gasteiger partial charge on any atom is 0.277 e. The van der Waals surface area contributed by atoms with Crippen molar-refractivity contribution in [1.29, 1.82) is 0 Å². The number of rotatable bonds is 11. The summed E-state index contributed by atoms with van der Waals surface area (Å²) in [6, 6.07) is 14.2. The maximum absolute atomic E-state index is 15.2. The molecule has 1 N–H and O–H groups in total. The fourth-order valence-electron chi connectivity index (χ4n) is 4.94. The van der Waals surface area contributed by atoms with E-state index in [1.807, 2.05) is 0 Å². The van der Waals surface area contributed by atoms with E-state index in [0.29, 0.717) is 50.5 Å². The zero-order valence-corrected chi connectivity index (χ0v) is 26.2. The molecule has 0 bridgehead atoms. The van der Waals surface area contributed by atoms with Gasteiger partial charge in [0.15, 0.2) is 28.8 Å². The third kappa shape index (κ3) is 7.15. The summed E-state index contributed by atoms with van der Waals surface area (Å²) in [6.07, 6.45) is 3.80. The summed E-state index contributed by atoms with van der Waals surface area (Å²) >= 11 is 12.5. The van der Waals surface area contributed by atoms with Gasteiger partial charge in [0.2, 0.25) is 0 Å². The van der Waals surface area contributed by atoms with E-state index in [0.717, 1.165) is 45.3 Å². The van der Waals surface area contributed by atoms with Gasteiger partial charge >= 0.3 is 0 Å². The summed E-state index contributed by atoms with van der Waals surface area (Å²) in [4.78, 5) is 19.6. The predicted molar refractivity (Wildman–Crippen MR) is 171 cm³/mol. The number of nitrogens with zero attached hydrogens (tertiary/aromatic N) is 5. The van der Waals surface area contributed by atoms with Crippen LogP contribution in [0.1, 0.15) is 16.9 Å². The lowest BCUT2D eigenvalue weighted by Gasteiger charge is -2.26. The monoisotopic (exact) mass is 666 g/mol. The van der Waals surface area contributed by atoms with E-state index in [9.17, 15) is 4.79 Å². The summed E-state index contributed by atoms with van der Waals surface area (Å²) in [5, 5.41) is 11.7. The normalized spacial score (nSPS) is 13.5. The molecule has 1 amide bonds. The molecule has 11 nitrogen and oxygen atoms in total. The van der Waals surface area contributed by atoms with Gasteiger partial charge in [0, 0.05) is 49.0 Å². The number of hydrogen-bond donors (Lipinski definition) is 1. The number of fused-ring (bicyclic) bond motifs is 1. The Labute approximate surface area is 273 Å². The Morgan fingerprint density at radius 3 is 2.59 bits per heavy atom. The SMILES string of the molecule is COc1cc2c(Oc3ccc(NC(=O)c4cn(-c5c(Cl)cccc5Cl)nn4)cc3F)ccnc2cc1OCCCN1CCOCC1. The van der Waals surface area contributed by atoms with Crippen LogP contribution in [0.5, 0.6) is 23.0 Å². The van der Waals surface area contributed by atoms with Crippen molar-refractivity contribution in [3.63, 3.8) is 0 Å². The molecule has 2 aromatic heterocycles. The lowest BCUT2D eigenvalue weighted by Crippen LogP contribution is -2.37. The highest BCUT2D eigenvalue weighted by Crippen LogP contribution is 2.38. The number of carbonyl (C=O) groups is 1. The molecule has 0 aliphatic carbocycles. The number of morpholine rings is 1. The summed E-state index contributed by atoms with van der Waals surface area (Å²) in [5.74, 6) is 0.0853. The first-order valence-corrected chi connectivity index (χ1v) is 15.2. The molecule has 1 aliphatic heterocycles. The molecule has 3 heterocycles. The van der Waals surface area contributed by atoms with E-state index in [2.05, 4.69) is 25.5 Å². The number of benzene rings is 3. The van der Waals surface area contributed by atoms with E-state index in [4.69, 9.17) is 42.1 Å². The molecular weight excluding hydrogens is 638 g/mol. The van der Waals surface area contributed by atoms with Crippen LogP contribution in [-0.4, -0.2) is 77.3 Å². The van der Waals surface area contributed by atoms with E-state index in [1.54, 1.807) is 49.7 Å². The molecule has 3 aromatic carbocycles. The van der Waals surface area contributed by atoms with E-state index < -0.39 is 11.7 Å². The number of nitrogens with one attached hydrogen (secondary N) is 1. The quantitative estimate of drug-likeness (QED) is 0.160. The van der Waals surface area contributed by atoms with Crippen LogP contribution in [0.4, 0.5) is 10.1 Å². The number of para-hydroxylation sites is 1. The Kier molecular flexibility index (Phi) is 9.79. The van der Waals surface area contributed by atoms with Gasteiger partial charge in [-0.1, -0.05) is 34.5 Å². The second-order valence-corrected chi connectivity index (χ2v) is 11.1. The van der Waals surface area contributed by atoms with Gasteiger partial charge in [-0.3, -0.25) is 14.7 Å². The van der Waals surface area contributed by atoms with Crippen molar-refractivity contribution in [2.45, 2.75) is 6.42 Å². The minimum absolute atomic E-state index is 0.0191. The number of halogens is 3. The van der Waals surface area contributed by atoms with Crippen LogP contribution in [0.3, 0.4) is 0 Å². The van der Waals surface area contributed by atoms with Gasteiger partial charge in [-0.25, -0.2) is 9.07 Å². The number of pyridine rings is 1. The van der Waals surface area contributed by atoms with E-state index in [1.165, 1.54) is 23.0 Å². The minimum atomic E-state index is -0.693. The van der Waals surface area contributed by atoms with Gasteiger partial charge < -0.3 is 24.3 Å². The number of carbonyl (C=O) groups excluding carboxylic acids is 1. The number of methoxy groups -OCH3 is 1. The van der Waals surface area contributed by atoms with Crippen LogP contribution in [0.25, 0.3) is 16.6 Å². The highest BCUT2D eigenvalue weighted by Gasteiger charge is 2.18. The smallest absolute Gasteiger partial charge is 0.277 e. The summed E-state index contributed by atoms with van der Waals surface area (Å²) in [7, 11) is 1.55. The van der Waals surface area contributed by atoms with Gasteiger partial charge in [0.05, 0.1) is 48.7 Å². The average Bonchev–Trinajstić information content (AvgIpc) is 3.54. The average molecular weight is 668 g/mol. The van der Waals surface area contributed by atoms with Crippen LogP contribution >= 0.6 is 23.2 Å². The number of ether oxygens (including phenoxy) is 4. The zero-order chi connectivity index (χ0) is 32.0. The summed E-state index contributed by atoms with van der Waals surface area (Å²) < 4.78 is 39.5. The number of anilines is 1. The molecule has 6 rings (SSSR count). The van der Waals surface area contributed by atoms with Crippen molar-refractivity contribution in [1.82, 2.24) is 24.9 Å². The van der Waals surface area contributed by atoms with Crippen molar-refractivity contribution < 1.29 is 28.1 Å². The molecule has 0 radical (unpaired) electrons. The molecule has 1 saturated heterocycles. The van der Waals surface area contributed by atoms with Gasteiger partial charge in [0.25, 0.3) is 5.91 Å². The number of hydrogen-bond acceptors (Lipinski definition) is 9. The Morgan fingerprint density at radius 1 is 1.02 bits per heavy atom. The summed E-state index contributed by atoms with van der Waals surface area (Å²) in [5.41, 5.74) is 1.15. The molecule has 0 atom stereocenters. The third-order valence-corrected chi connectivity index (χ3v) is 7.88. The first-order valence-electron chi connectivity index (χ1n) is 14.4. The largest absolute Gasteiger partial charge is 0.493 e. The highest BCUT2D eigenvalue weighted by atomic mass is 35.5. The fraction of sp³-hybridized carbons (Fsp3) is 0.250. The lowest BCUT2D eigenvalue weighted by atomic mass is 10.1. The molecule has 0 unspecified atom stereocenters. The van der Waals surface area contributed by atoms with Gasteiger partial charge in [-0.05, 0) is 42.8 Å². The molecule has 0 saturated carbocycles.